The van der Waals surface area contributed by atoms with E-state index in [0.29, 0.717) is 13.2 Å². The molecule has 1 saturated heterocycles. The summed E-state index contributed by atoms with van der Waals surface area (Å²) in [7, 11) is 0. The predicted molar refractivity (Wildman–Crippen MR) is 93.5 cm³/mol. The lowest BCUT2D eigenvalue weighted by atomic mass is 9.96. The van der Waals surface area contributed by atoms with Crippen LogP contribution in [0.4, 0.5) is 0 Å². The van der Waals surface area contributed by atoms with Crippen LogP contribution in [0.3, 0.4) is 0 Å². The number of hydrogen-bond acceptors (Lipinski definition) is 3. The molecule has 1 aromatic rings. The van der Waals surface area contributed by atoms with Crippen LogP contribution in [0.5, 0.6) is 0 Å². The third-order valence-electron chi connectivity index (χ3n) is 4.37. The Morgan fingerprint density at radius 3 is 2.58 bits per heavy atom. The van der Waals surface area contributed by atoms with Crippen LogP contribution in [-0.2, 0) is 14.3 Å². The van der Waals surface area contributed by atoms with Crippen molar-refractivity contribution in [3.05, 3.63) is 35.4 Å². The van der Waals surface area contributed by atoms with Gasteiger partial charge in [-0.25, -0.2) is 0 Å². The Balaban J connectivity index is 2.02. The third-order valence-corrected chi connectivity index (χ3v) is 4.37. The van der Waals surface area contributed by atoms with E-state index < -0.39 is 5.41 Å². The predicted octanol–water partition coefficient (Wildman–Crippen LogP) is 2.45. The second-order valence-electron chi connectivity index (χ2n) is 7.51. The molecule has 0 radical (unpaired) electrons. The Morgan fingerprint density at radius 2 is 1.96 bits per heavy atom. The first kappa shape index (κ1) is 18.5. The van der Waals surface area contributed by atoms with Crippen LogP contribution in [0.2, 0.25) is 0 Å². The molecule has 0 saturated carbocycles. The minimum atomic E-state index is -0.499. The Labute approximate surface area is 144 Å². The van der Waals surface area contributed by atoms with Gasteiger partial charge in [0, 0.05) is 5.41 Å². The first-order valence-corrected chi connectivity index (χ1v) is 8.45. The Bertz CT molecular complexity index is 607. The van der Waals surface area contributed by atoms with Gasteiger partial charge in [0.05, 0.1) is 25.7 Å². The van der Waals surface area contributed by atoms with Gasteiger partial charge in [-0.2, -0.15) is 0 Å². The normalized spacial score (nSPS) is 21.5. The number of morpholine rings is 1. The molecular formula is C19H28N2O3. The SMILES string of the molecule is Cc1ccccc1[C@@H]1CN(C(=O)CNC(=O)C(C)(C)C)[C@H](C)CO1. The highest BCUT2D eigenvalue weighted by atomic mass is 16.5. The molecule has 1 aliphatic heterocycles. The van der Waals surface area contributed by atoms with E-state index in [-0.39, 0.29) is 30.5 Å². The first-order chi connectivity index (χ1) is 11.2. The fourth-order valence-corrected chi connectivity index (χ4v) is 2.76. The number of rotatable bonds is 3. The van der Waals surface area contributed by atoms with Gasteiger partial charge in [-0.3, -0.25) is 9.59 Å². The maximum atomic E-state index is 12.6. The van der Waals surface area contributed by atoms with Crippen molar-refractivity contribution in [1.82, 2.24) is 10.2 Å². The van der Waals surface area contributed by atoms with E-state index in [4.69, 9.17) is 4.74 Å². The number of amides is 2. The summed E-state index contributed by atoms with van der Waals surface area (Å²) < 4.78 is 5.94. The van der Waals surface area contributed by atoms with Gasteiger partial charge in [0.1, 0.15) is 6.10 Å². The molecule has 1 N–H and O–H groups in total. The zero-order valence-corrected chi connectivity index (χ0v) is 15.3. The number of carbonyl (C=O) groups excluding carboxylic acids is 2. The van der Waals surface area contributed by atoms with Gasteiger partial charge in [-0.15, -0.1) is 0 Å². The Hall–Kier alpha value is -1.88. The van der Waals surface area contributed by atoms with Crippen molar-refractivity contribution in [3.8, 4) is 0 Å². The summed E-state index contributed by atoms with van der Waals surface area (Å²) in [5.74, 6) is -0.186. The smallest absolute Gasteiger partial charge is 0.242 e. The number of aryl methyl sites for hydroxylation is 1. The topological polar surface area (TPSA) is 58.6 Å². The lowest BCUT2D eigenvalue weighted by molar-refractivity contribution is -0.145. The van der Waals surface area contributed by atoms with Gasteiger partial charge in [-0.1, -0.05) is 45.0 Å². The zero-order chi connectivity index (χ0) is 17.9. The molecule has 5 nitrogen and oxygen atoms in total. The summed E-state index contributed by atoms with van der Waals surface area (Å²) in [4.78, 5) is 26.3. The van der Waals surface area contributed by atoms with Crippen molar-refractivity contribution in [2.45, 2.75) is 46.8 Å². The van der Waals surface area contributed by atoms with Gasteiger partial charge >= 0.3 is 0 Å². The second-order valence-corrected chi connectivity index (χ2v) is 7.51. The van der Waals surface area contributed by atoms with Crippen LogP contribution in [0.1, 0.15) is 44.9 Å². The van der Waals surface area contributed by atoms with E-state index >= 15 is 0 Å². The highest BCUT2D eigenvalue weighted by Gasteiger charge is 2.31. The molecule has 1 aromatic carbocycles. The molecule has 0 aromatic heterocycles. The largest absolute Gasteiger partial charge is 0.370 e. The molecule has 132 valence electrons. The van der Waals surface area contributed by atoms with Crippen molar-refractivity contribution in [3.63, 3.8) is 0 Å². The molecule has 0 aliphatic carbocycles. The van der Waals surface area contributed by atoms with Crippen LogP contribution >= 0.6 is 0 Å². The van der Waals surface area contributed by atoms with Gasteiger partial charge in [-0.05, 0) is 25.0 Å². The number of benzene rings is 1. The Morgan fingerprint density at radius 1 is 1.29 bits per heavy atom. The van der Waals surface area contributed by atoms with Gasteiger partial charge in [0.15, 0.2) is 0 Å². The number of nitrogens with zero attached hydrogens (tertiary/aromatic N) is 1. The van der Waals surface area contributed by atoms with Crippen molar-refractivity contribution >= 4 is 11.8 Å². The molecule has 2 amide bonds. The van der Waals surface area contributed by atoms with E-state index in [0.717, 1.165) is 11.1 Å². The van der Waals surface area contributed by atoms with Crippen LogP contribution in [-0.4, -0.2) is 42.5 Å². The number of hydrogen-bond donors (Lipinski definition) is 1. The highest BCUT2D eigenvalue weighted by molar-refractivity contribution is 5.87. The molecular weight excluding hydrogens is 304 g/mol. The quantitative estimate of drug-likeness (QED) is 0.925. The van der Waals surface area contributed by atoms with E-state index in [9.17, 15) is 9.59 Å². The molecule has 0 bridgehead atoms. The zero-order valence-electron chi connectivity index (χ0n) is 15.3. The summed E-state index contributed by atoms with van der Waals surface area (Å²) in [6.45, 7) is 10.5. The average molecular weight is 332 g/mol. The summed E-state index contributed by atoms with van der Waals surface area (Å²) in [5, 5.41) is 2.74. The minimum absolute atomic E-state index is 0.00399. The standard InChI is InChI=1S/C19H28N2O3/c1-13-8-6-7-9-15(13)16-11-21(14(2)12-24-16)17(22)10-20-18(23)19(3,4)5/h6-9,14,16H,10-12H2,1-5H3,(H,20,23)/t14-,16+/m1/s1. The summed E-state index contributed by atoms with van der Waals surface area (Å²) in [5.41, 5.74) is 1.77. The third kappa shape index (κ3) is 4.35. The fraction of sp³-hybridized carbons (Fsp3) is 0.579. The van der Waals surface area contributed by atoms with E-state index in [1.807, 2.05) is 63.8 Å². The van der Waals surface area contributed by atoms with Gasteiger partial charge in [0.2, 0.25) is 11.8 Å². The monoisotopic (exact) mass is 332 g/mol. The van der Waals surface area contributed by atoms with E-state index in [2.05, 4.69) is 5.32 Å². The van der Waals surface area contributed by atoms with E-state index in [1.54, 1.807) is 0 Å². The molecule has 1 heterocycles. The molecule has 1 aliphatic rings. The van der Waals surface area contributed by atoms with Crippen LogP contribution in [0.25, 0.3) is 0 Å². The Kier molecular flexibility index (Phi) is 5.65. The molecule has 0 unspecified atom stereocenters. The lowest BCUT2D eigenvalue weighted by Crippen LogP contribution is -2.52. The van der Waals surface area contributed by atoms with Crippen LogP contribution in [0.15, 0.2) is 24.3 Å². The van der Waals surface area contributed by atoms with Gasteiger partial charge < -0.3 is 15.0 Å². The number of carbonyl (C=O) groups is 2. The summed E-state index contributed by atoms with van der Waals surface area (Å²) >= 11 is 0. The maximum absolute atomic E-state index is 12.6. The first-order valence-electron chi connectivity index (χ1n) is 8.45. The molecule has 2 rings (SSSR count). The average Bonchev–Trinajstić information content (AvgIpc) is 2.52. The molecule has 1 fully saturated rings. The van der Waals surface area contributed by atoms with Crippen molar-refractivity contribution in [2.24, 2.45) is 5.41 Å². The van der Waals surface area contributed by atoms with Crippen LogP contribution in [0, 0.1) is 12.3 Å². The maximum Gasteiger partial charge on any atom is 0.242 e. The van der Waals surface area contributed by atoms with Crippen molar-refractivity contribution in [1.29, 1.82) is 0 Å². The summed E-state index contributed by atoms with van der Waals surface area (Å²) in [6, 6.07) is 8.07. The highest BCUT2D eigenvalue weighted by Crippen LogP contribution is 2.27. The molecule has 5 heteroatoms. The fourth-order valence-electron chi connectivity index (χ4n) is 2.76. The lowest BCUT2D eigenvalue weighted by Gasteiger charge is -2.38. The van der Waals surface area contributed by atoms with Crippen molar-refractivity contribution < 1.29 is 14.3 Å². The number of ether oxygens (including phenoxy) is 1. The van der Waals surface area contributed by atoms with Crippen molar-refractivity contribution in [2.75, 3.05) is 19.7 Å². The second kappa shape index (κ2) is 7.34. The molecule has 24 heavy (non-hydrogen) atoms. The summed E-state index contributed by atoms with van der Waals surface area (Å²) in [6.07, 6.45) is -0.121. The molecule has 0 spiro atoms. The minimum Gasteiger partial charge on any atom is -0.370 e. The van der Waals surface area contributed by atoms with E-state index in [1.165, 1.54) is 0 Å². The molecule has 2 atom stereocenters. The van der Waals surface area contributed by atoms with Gasteiger partial charge in [0.25, 0.3) is 0 Å². The van der Waals surface area contributed by atoms with Crippen LogP contribution < -0.4 is 5.32 Å². The number of nitrogens with one attached hydrogen (secondary N) is 1.